The van der Waals surface area contributed by atoms with E-state index in [0.29, 0.717) is 11.6 Å². The summed E-state index contributed by atoms with van der Waals surface area (Å²) in [4.78, 5) is 22.2. The summed E-state index contributed by atoms with van der Waals surface area (Å²) in [6.45, 7) is 5.31. The number of nitrogens with zero attached hydrogens (tertiary/aromatic N) is 3. The Morgan fingerprint density at radius 2 is 2.00 bits per heavy atom. The van der Waals surface area contributed by atoms with E-state index >= 15 is 0 Å². The number of halogens is 2. The van der Waals surface area contributed by atoms with Crippen molar-refractivity contribution in [3.63, 3.8) is 0 Å². The van der Waals surface area contributed by atoms with Gasteiger partial charge in [0.15, 0.2) is 5.13 Å². The van der Waals surface area contributed by atoms with E-state index in [-0.39, 0.29) is 5.91 Å². The fourth-order valence-electron chi connectivity index (χ4n) is 3.05. The zero-order valence-corrected chi connectivity index (χ0v) is 18.4. The number of aromatic nitrogens is 1. The molecule has 1 aliphatic heterocycles. The molecule has 142 valence electrons. The number of carbonyl (C=O) groups excluding carboxylic acids is 1. The molecule has 5 nitrogen and oxygen atoms in total. The highest BCUT2D eigenvalue weighted by molar-refractivity contribution is 9.11. The third-order valence-corrected chi connectivity index (χ3v) is 7.52. The van der Waals surface area contributed by atoms with Crippen molar-refractivity contribution in [2.75, 3.05) is 44.2 Å². The van der Waals surface area contributed by atoms with Crippen LogP contribution in [-0.2, 0) is 0 Å². The van der Waals surface area contributed by atoms with Crippen molar-refractivity contribution in [3.8, 4) is 0 Å². The molecule has 0 saturated carbocycles. The van der Waals surface area contributed by atoms with Crippen molar-refractivity contribution in [1.82, 2.24) is 15.2 Å². The summed E-state index contributed by atoms with van der Waals surface area (Å²) in [5, 5.41) is 4.74. The van der Waals surface area contributed by atoms with E-state index in [1.54, 1.807) is 11.3 Å². The van der Waals surface area contributed by atoms with Crippen LogP contribution in [0.1, 0.15) is 9.67 Å². The Bertz CT molecular complexity index is 952. The minimum absolute atomic E-state index is 0.00399. The normalized spacial score (nSPS) is 15.4. The SMILES string of the molecule is O=C(NCCN1CCN(c2nc3c(Cl)cccc3s2)CC1)c1ccc(Br)s1. The van der Waals surface area contributed by atoms with Gasteiger partial charge in [0.05, 0.1) is 18.4 Å². The Balaban J connectivity index is 1.26. The molecule has 0 radical (unpaired) electrons. The summed E-state index contributed by atoms with van der Waals surface area (Å²) in [5.41, 5.74) is 0.893. The Kier molecular flexibility index (Phi) is 5.99. The van der Waals surface area contributed by atoms with Gasteiger partial charge in [0.1, 0.15) is 5.52 Å². The fraction of sp³-hybridized carbons (Fsp3) is 0.333. The average Bonchev–Trinajstić information content (AvgIpc) is 3.29. The van der Waals surface area contributed by atoms with Gasteiger partial charge >= 0.3 is 0 Å². The maximum atomic E-state index is 12.1. The molecule has 3 heterocycles. The number of amides is 1. The monoisotopic (exact) mass is 484 g/mol. The summed E-state index contributed by atoms with van der Waals surface area (Å²) in [6.07, 6.45) is 0. The van der Waals surface area contributed by atoms with Crippen molar-refractivity contribution in [2.45, 2.75) is 0 Å². The Hall–Kier alpha value is -1.19. The summed E-state index contributed by atoms with van der Waals surface area (Å²) in [7, 11) is 0. The van der Waals surface area contributed by atoms with Gasteiger partial charge in [-0.05, 0) is 40.2 Å². The van der Waals surface area contributed by atoms with Crippen LogP contribution in [0.3, 0.4) is 0 Å². The van der Waals surface area contributed by atoms with Gasteiger partial charge in [-0.25, -0.2) is 4.98 Å². The third kappa shape index (κ3) is 4.46. The highest BCUT2D eigenvalue weighted by atomic mass is 79.9. The first kappa shape index (κ1) is 19.1. The summed E-state index contributed by atoms with van der Waals surface area (Å²) >= 11 is 12.8. The van der Waals surface area contributed by atoms with Gasteiger partial charge in [0.2, 0.25) is 0 Å². The minimum Gasteiger partial charge on any atom is -0.350 e. The topological polar surface area (TPSA) is 48.5 Å². The number of anilines is 1. The van der Waals surface area contributed by atoms with Gasteiger partial charge in [-0.2, -0.15) is 0 Å². The zero-order chi connectivity index (χ0) is 18.8. The standard InChI is InChI=1S/C18H18BrClN4OS2/c19-15-5-4-14(26-15)17(25)21-6-7-23-8-10-24(11-9-23)18-22-16-12(20)2-1-3-13(16)27-18/h1-5H,6-11H2,(H,21,25). The Morgan fingerprint density at radius 1 is 1.19 bits per heavy atom. The Labute approximate surface area is 179 Å². The van der Waals surface area contributed by atoms with Crippen molar-refractivity contribution in [3.05, 3.63) is 44.0 Å². The number of hydrogen-bond acceptors (Lipinski definition) is 6. The molecule has 27 heavy (non-hydrogen) atoms. The first-order valence-corrected chi connectivity index (χ1v) is 11.5. The Morgan fingerprint density at radius 3 is 2.70 bits per heavy atom. The zero-order valence-electron chi connectivity index (χ0n) is 14.5. The lowest BCUT2D eigenvalue weighted by Crippen LogP contribution is -2.48. The quantitative estimate of drug-likeness (QED) is 0.584. The van der Waals surface area contributed by atoms with Crippen molar-refractivity contribution >= 4 is 71.5 Å². The van der Waals surface area contributed by atoms with E-state index in [9.17, 15) is 4.79 Å². The van der Waals surface area contributed by atoms with Crippen LogP contribution in [0.15, 0.2) is 34.1 Å². The lowest BCUT2D eigenvalue weighted by molar-refractivity contribution is 0.0952. The van der Waals surface area contributed by atoms with Crippen molar-refractivity contribution < 1.29 is 4.79 Å². The molecule has 9 heteroatoms. The summed E-state index contributed by atoms with van der Waals surface area (Å²) in [5.74, 6) is -0.00399. The number of nitrogens with one attached hydrogen (secondary N) is 1. The molecule has 0 bridgehead atoms. The third-order valence-electron chi connectivity index (χ3n) is 4.51. The van der Waals surface area contributed by atoms with Crippen LogP contribution >= 0.6 is 50.2 Å². The molecule has 1 saturated heterocycles. The van der Waals surface area contributed by atoms with Gasteiger partial charge < -0.3 is 10.2 Å². The lowest BCUT2D eigenvalue weighted by Gasteiger charge is -2.34. The van der Waals surface area contributed by atoms with E-state index in [2.05, 4.69) is 37.1 Å². The number of thiophene rings is 1. The molecule has 1 aromatic carbocycles. The molecule has 3 aromatic rings. The number of para-hydroxylation sites is 1. The molecule has 4 rings (SSSR count). The number of rotatable bonds is 5. The molecule has 1 aliphatic rings. The van der Waals surface area contributed by atoms with Crippen LogP contribution in [0, 0.1) is 0 Å². The largest absolute Gasteiger partial charge is 0.350 e. The number of thiazole rings is 1. The van der Waals surface area contributed by atoms with Crippen LogP contribution in [-0.4, -0.2) is 55.1 Å². The molecule has 2 aromatic heterocycles. The minimum atomic E-state index is -0.00399. The smallest absolute Gasteiger partial charge is 0.261 e. The second-order valence-corrected chi connectivity index (χ2v) is 10.2. The predicted molar refractivity (Wildman–Crippen MR) is 118 cm³/mol. The molecule has 0 unspecified atom stereocenters. The van der Waals surface area contributed by atoms with Gasteiger partial charge in [0, 0.05) is 39.3 Å². The number of carbonyl (C=O) groups is 1. The molecular weight excluding hydrogens is 468 g/mol. The first-order valence-electron chi connectivity index (χ1n) is 8.66. The molecule has 0 spiro atoms. The fourth-order valence-corrected chi connectivity index (χ4v) is 5.67. The van der Waals surface area contributed by atoms with Crippen LogP contribution in [0.5, 0.6) is 0 Å². The van der Waals surface area contributed by atoms with E-state index in [1.807, 2.05) is 24.3 Å². The molecule has 1 amide bonds. The molecule has 1 N–H and O–H groups in total. The molecule has 1 fully saturated rings. The van der Waals surface area contributed by atoms with Gasteiger partial charge in [-0.3, -0.25) is 9.69 Å². The number of fused-ring (bicyclic) bond motifs is 1. The number of piperazine rings is 1. The summed E-state index contributed by atoms with van der Waals surface area (Å²) < 4.78 is 2.10. The van der Waals surface area contributed by atoms with Gasteiger partial charge in [0.25, 0.3) is 5.91 Å². The van der Waals surface area contributed by atoms with Crippen molar-refractivity contribution in [2.24, 2.45) is 0 Å². The van der Waals surface area contributed by atoms with E-state index in [1.165, 1.54) is 11.3 Å². The predicted octanol–water partition coefficient (Wildman–Crippen LogP) is 4.33. The lowest BCUT2D eigenvalue weighted by atomic mass is 10.3. The molecule has 0 aliphatic carbocycles. The van der Waals surface area contributed by atoms with Gasteiger partial charge in [-0.1, -0.05) is 29.0 Å². The average molecular weight is 486 g/mol. The van der Waals surface area contributed by atoms with E-state index in [4.69, 9.17) is 16.6 Å². The maximum absolute atomic E-state index is 12.1. The van der Waals surface area contributed by atoms with E-state index < -0.39 is 0 Å². The number of hydrogen-bond donors (Lipinski definition) is 1. The second-order valence-electron chi connectivity index (χ2n) is 6.27. The highest BCUT2D eigenvalue weighted by Gasteiger charge is 2.20. The maximum Gasteiger partial charge on any atom is 0.261 e. The molecular formula is C18H18BrClN4OS2. The molecule has 0 atom stereocenters. The van der Waals surface area contributed by atoms with Crippen LogP contribution in [0.2, 0.25) is 5.02 Å². The first-order chi connectivity index (χ1) is 13.1. The summed E-state index contributed by atoms with van der Waals surface area (Å²) in [6, 6.07) is 9.65. The van der Waals surface area contributed by atoms with Crippen LogP contribution < -0.4 is 10.2 Å². The van der Waals surface area contributed by atoms with Crippen molar-refractivity contribution in [1.29, 1.82) is 0 Å². The van der Waals surface area contributed by atoms with E-state index in [0.717, 1.165) is 56.7 Å². The second kappa shape index (κ2) is 8.45. The van der Waals surface area contributed by atoms with Crippen LogP contribution in [0.25, 0.3) is 10.2 Å². The van der Waals surface area contributed by atoms with Gasteiger partial charge in [-0.15, -0.1) is 11.3 Å². The number of benzene rings is 1. The highest BCUT2D eigenvalue weighted by Crippen LogP contribution is 2.33. The van der Waals surface area contributed by atoms with Crippen LogP contribution in [0.4, 0.5) is 5.13 Å².